The molecule has 4 rings (SSSR count). The number of aromatic nitrogens is 4. The molecule has 0 spiro atoms. The van der Waals surface area contributed by atoms with E-state index in [-0.39, 0.29) is 11.8 Å². The van der Waals surface area contributed by atoms with Crippen LogP contribution < -0.4 is 10.2 Å². The van der Waals surface area contributed by atoms with Gasteiger partial charge in [-0.15, -0.1) is 10.2 Å². The maximum absolute atomic E-state index is 10.2. The number of aromatic amines is 1. The molecule has 31 heavy (non-hydrogen) atoms. The van der Waals surface area contributed by atoms with E-state index in [4.69, 9.17) is 0 Å². The van der Waals surface area contributed by atoms with Gasteiger partial charge in [-0.05, 0) is 25.5 Å². The predicted molar refractivity (Wildman–Crippen MR) is 121 cm³/mol. The van der Waals surface area contributed by atoms with Gasteiger partial charge in [-0.3, -0.25) is 0 Å². The third-order valence-electron chi connectivity index (χ3n) is 4.85. The molecule has 0 saturated heterocycles. The molecule has 0 aliphatic carbocycles. The van der Waals surface area contributed by atoms with Crippen molar-refractivity contribution in [3.05, 3.63) is 60.2 Å². The van der Waals surface area contributed by atoms with Crippen LogP contribution in [-0.4, -0.2) is 38.1 Å². The van der Waals surface area contributed by atoms with Crippen LogP contribution in [0.3, 0.4) is 0 Å². The molecule has 0 atom stereocenters. The number of nitrogens with one attached hydrogen (secondary N) is 2. The fraction of sp³-hybridized carbons (Fsp3) is 0.227. The van der Waals surface area contributed by atoms with Crippen LogP contribution >= 0.6 is 0 Å². The Morgan fingerprint density at radius 3 is 2.45 bits per heavy atom. The highest BCUT2D eigenvalue weighted by Crippen LogP contribution is 2.35. The standard InChI is InChI=1S/C22H24N8O/c1-3-30(4-2)22-26-20(23-14-15-10-6-5-7-11-15)25-21(27-22)29-28-18-16-12-8-9-13-17(16)24-19(18)31/h5-13,24,31H,3-4,14H2,1-2H3,(H,23,25,26,27). The van der Waals surface area contributed by atoms with Crippen molar-refractivity contribution >= 4 is 34.4 Å². The van der Waals surface area contributed by atoms with Crippen molar-refractivity contribution < 1.29 is 5.11 Å². The molecule has 3 N–H and O–H groups in total. The number of para-hydroxylation sites is 1. The van der Waals surface area contributed by atoms with Crippen molar-refractivity contribution in [3.63, 3.8) is 0 Å². The summed E-state index contributed by atoms with van der Waals surface area (Å²) in [5.74, 6) is 1.05. The van der Waals surface area contributed by atoms with Crippen LogP contribution in [0.2, 0.25) is 0 Å². The van der Waals surface area contributed by atoms with Gasteiger partial charge in [0.2, 0.25) is 17.8 Å². The summed E-state index contributed by atoms with van der Waals surface area (Å²) in [7, 11) is 0. The maximum Gasteiger partial charge on any atom is 0.275 e. The number of H-pyrrole nitrogens is 1. The smallest absolute Gasteiger partial charge is 0.275 e. The van der Waals surface area contributed by atoms with Gasteiger partial charge >= 0.3 is 0 Å². The fourth-order valence-electron chi connectivity index (χ4n) is 3.21. The summed E-state index contributed by atoms with van der Waals surface area (Å²) in [5.41, 5.74) is 2.23. The molecule has 0 unspecified atom stereocenters. The second-order valence-corrected chi connectivity index (χ2v) is 6.84. The van der Waals surface area contributed by atoms with Crippen molar-refractivity contribution in [1.82, 2.24) is 19.9 Å². The highest BCUT2D eigenvalue weighted by Gasteiger charge is 2.13. The summed E-state index contributed by atoms with van der Waals surface area (Å²) in [5, 5.41) is 22.6. The normalized spacial score (nSPS) is 11.3. The van der Waals surface area contributed by atoms with Gasteiger partial charge in [-0.25, -0.2) is 0 Å². The van der Waals surface area contributed by atoms with Crippen molar-refractivity contribution in [2.75, 3.05) is 23.3 Å². The monoisotopic (exact) mass is 416 g/mol. The third kappa shape index (κ3) is 4.61. The van der Waals surface area contributed by atoms with Gasteiger partial charge in [0.1, 0.15) is 0 Å². The number of azo groups is 1. The van der Waals surface area contributed by atoms with Crippen molar-refractivity contribution in [3.8, 4) is 5.88 Å². The van der Waals surface area contributed by atoms with E-state index in [1.165, 1.54) is 0 Å². The van der Waals surface area contributed by atoms with Gasteiger partial charge in [0.25, 0.3) is 5.95 Å². The van der Waals surface area contributed by atoms with Crippen LogP contribution in [0.4, 0.5) is 23.5 Å². The number of nitrogens with zero attached hydrogens (tertiary/aromatic N) is 6. The first-order valence-electron chi connectivity index (χ1n) is 10.2. The lowest BCUT2D eigenvalue weighted by molar-refractivity contribution is 0.459. The molecular weight excluding hydrogens is 392 g/mol. The molecule has 2 heterocycles. The summed E-state index contributed by atoms with van der Waals surface area (Å²) in [6, 6.07) is 17.5. The zero-order valence-electron chi connectivity index (χ0n) is 17.4. The zero-order chi connectivity index (χ0) is 21.6. The Kier molecular flexibility index (Phi) is 6.02. The summed E-state index contributed by atoms with van der Waals surface area (Å²) < 4.78 is 0. The topological polar surface area (TPSA) is 115 Å². The largest absolute Gasteiger partial charge is 0.493 e. The van der Waals surface area contributed by atoms with E-state index in [0.29, 0.717) is 24.1 Å². The van der Waals surface area contributed by atoms with Gasteiger partial charge < -0.3 is 20.3 Å². The van der Waals surface area contributed by atoms with Crippen molar-refractivity contribution in [1.29, 1.82) is 0 Å². The van der Waals surface area contributed by atoms with E-state index in [9.17, 15) is 5.11 Å². The van der Waals surface area contributed by atoms with Crippen LogP contribution in [0, 0.1) is 0 Å². The Balaban J connectivity index is 1.66. The molecule has 2 aromatic carbocycles. The zero-order valence-corrected chi connectivity index (χ0v) is 17.4. The van der Waals surface area contributed by atoms with Crippen LogP contribution in [0.5, 0.6) is 5.88 Å². The first-order chi connectivity index (χ1) is 15.2. The molecule has 0 saturated carbocycles. The first-order valence-corrected chi connectivity index (χ1v) is 10.2. The molecular formula is C22H24N8O. The predicted octanol–water partition coefficient (Wildman–Crippen LogP) is 4.93. The van der Waals surface area contributed by atoms with E-state index in [1.54, 1.807) is 0 Å². The molecule has 0 amide bonds. The highest BCUT2D eigenvalue weighted by atomic mass is 16.3. The lowest BCUT2D eigenvalue weighted by Crippen LogP contribution is -2.24. The maximum atomic E-state index is 10.2. The summed E-state index contributed by atoms with van der Waals surface area (Å²) in [6.45, 7) is 6.14. The number of anilines is 2. The minimum absolute atomic E-state index is 0.0506. The first kappa shape index (κ1) is 20.3. The summed E-state index contributed by atoms with van der Waals surface area (Å²) in [4.78, 5) is 18.3. The molecule has 9 heteroatoms. The van der Waals surface area contributed by atoms with E-state index in [0.717, 1.165) is 29.6 Å². The Morgan fingerprint density at radius 1 is 0.935 bits per heavy atom. The van der Waals surface area contributed by atoms with E-state index < -0.39 is 0 Å². The Morgan fingerprint density at radius 2 is 1.68 bits per heavy atom. The average Bonchev–Trinajstić information content (AvgIpc) is 3.12. The molecule has 9 nitrogen and oxygen atoms in total. The minimum atomic E-state index is -0.0506. The SMILES string of the molecule is CCN(CC)c1nc(N=Nc2c(O)[nH]c3ccccc23)nc(NCc2ccccc2)n1. The lowest BCUT2D eigenvalue weighted by Gasteiger charge is -2.18. The number of fused-ring (bicyclic) bond motifs is 1. The molecule has 4 aromatic rings. The van der Waals surface area contributed by atoms with Crippen molar-refractivity contribution in [2.45, 2.75) is 20.4 Å². The number of hydrogen-bond donors (Lipinski definition) is 3. The van der Waals surface area contributed by atoms with Crippen molar-refractivity contribution in [2.24, 2.45) is 10.2 Å². The van der Waals surface area contributed by atoms with Gasteiger partial charge in [0.15, 0.2) is 5.69 Å². The molecule has 2 aromatic heterocycles. The molecule has 0 bridgehead atoms. The molecule has 0 fully saturated rings. The number of benzene rings is 2. The van der Waals surface area contributed by atoms with Crippen LogP contribution in [-0.2, 0) is 6.54 Å². The van der Waals surface area contributed by atoms with Crippen LogP contribution in [0.1, 0.15) is 19.4 Å². The molecule has 0 radical (unpaired) electrons. The fourth-order valence-corrected chi connectivity index (χ4v) is 3.21. The minimum Gasteiger partial charge on any atom is -0.493 e. The summed E-state index contributed by atoms with van der Waals surface area (Å²) >= 11 is 0. The second-order valence-electron chi connectivity index (χ2n) is 6.84. The number of hydrogen-bond acceptors (Lipinski definition) is 8. The van der Waals surface area contributed by atoms with Gasteiger partial charge in [-0.2, -0.15) is 15.0 Å². The molecule has 158 valence electrons. The summed E-state index contributed by atoms with van der Waals surface area (Å²) in [6.07, 6.45) is 0. The Labute approximate surface area is 179 Å². The van der Waals surface area contributed by atoms with Gasteiger partial charge in [-0.1, -0.05) is 48.5 Å². The number of aromatic hydroxyl groups is 1. The highest BCUT2D eigenvalue weighted by molar-refractivity contribution is 5.94. The Hall–Kier alpha value is -4.01. The molecule has 0 aliphatic rings. The quantitative estimate of drug-likeness (QED) is 0.351. The van der Waals surface area contributed by atoms with Gasteiger partial charge in [0.05, 0.1) is 5.52 Å². The lowest BCUT2D eigenvalue weighted by atomic mass is 10.2. The van der Waals surface area contributed by atoms with E-state index in [2.05, 4.69) is 35.5 Å². The van der Waals surface area contributed by atoms with Gasteiger partial charge in [0, 0.05) is 25.0 Å². The van der Waals surface area contributed by atoms with E-state index >= 15 is 0 Å². The third-order valence-corrected chi connectivity index (χ3v) is 4.85. The van der Waals surface area contributed by atoms with Crippen LogP contribution in [0.15, 0.2) is 64.8 Å². The molecule has 0 aliphatic heterocycles. The number of rotatable bonds is 8. The van der Waals surface area contributed by atoms with Crippen LogP contribution in [0.25, 0.3) is 10.9 Å². The average molecular weight is 416 g/mol. The second kappa shape index (κ2) is 9.21. The van der Waals surface area contributed by atoms with E-state index in [1.807, 2.05) is 73.3 Å². The Bertz CT molecular complexity index is 1180.